The number of aromatic nitrogens is 2. The van der Waals surface area contributed by atoms with Gasteiger partial charge in [0.15, 0.2) is 0 Å². The first-order valence-corrected chi connectivity index (χ1v) is 6.51. The fraction of sp³-hybridized carbons (Fsp3) is 0.125. The lowest BCUT2D eigenvalue weighted by molar-refractivity contribution is 0.328. The third-order valence-corrected chi connectivity index (χ3v) is 3.04. The van der Waals surface area contributed by atoms with Gasteiger partial charge >= 0.3 is 0 Å². The monoisotopic (exact) mass is 266 g/mol. The Morgan fingerprint density at radius 2 is 1.85 bits per heavy atom. The van der Waals surface area contributed by atoms with Crippen LogP contribution in [-0.2, 0) is 0 Å². The highest BCUT2D eigenvalue weighted by atomic mass is 16.5. The van der Waals surface area contributed by atoms with Gasteiger partial charge in [-0.1, -0.05) is 36.4 Å². The molecule has 0 fully saturated rings. The molecule has 0 saturated carbocycles. The molecule has 0 aliphatic rings. The van der Waals surface area contributed by atoms with E-state index in [1.54, 1.807) is 12.3 Å². The number of hydrogen-bond acceptors (Lipinski definition) is 3. The lowest BCUT2D eigenvalue weighted by Gasteiger charge is -2.10. The molecule has 0 radical (unpaired) electrons. The SMILES string of the molecule is CCOc1nc2ccccn2c(=O)c1-c1ccccc1. The Hall–Kier alpha value is -2.62. The molecule has 3 rings (SSSR count). The summed E-state index contributed by atoms with van der Waals surface area (Å²) in [6.07, 6.45) is 1.72. The van der Waals surface area contributed by atoms with Gasteiger partial charge in [-0.05, 0) is 24.6 Å². The minimum Gasteiger partial charge on any atom is -0.477 e. The van der Waals surface area contributed by atoms with Gasteiger partial charge in [0.25, 0.3) is 5.56 Å². The van der Waals surface area contributed by atoms with Gasteiger partial charge in [0, 0.05) is 6.20 Å². The van der Waals surface area contributed by atoms with Crippen molar-refractivity contribution in [2.45, 2.75) is 6.92 Å². The van der Waals surface area contributed by atoms with E-state index in [9.17, 15) is 4.79 Å². The van der Waals surface area contributed by atoms with Gasteiger partial charge < -0.3 is 4.74 Å². The normalized spacial score (nSPS) is 10.7. The van der Waals surface area contributed by atoms with E-state index in [1.807, 2.05) is 49.4 Å². The number of benzene rings is 1. The number of rotatable bonds is 3. The molecular weight excluding hydrogens is 252 g/mol. The van der Waals surface area contributed by atoms with E-state index >= 15 is 0 Å². The average molecular weight is 266 g/mol. The highest BCUT2D eigenvalue weighted by Gasteiger charge is 2.15. The summed E-state index contributed by atoms with van der Waals surface area (Å²) >= 11 is 0. The van der Waals surface area contributed by atoms with Crippen molar-refractivity contribution >= 4 is 5.65 Å². The maximum atomic E-state index is 12.7. The van der Waals surface area contributed by atoms with Gasteiger partial charge in [-0.3, -0.25) is 9.20 Å². The molecule has 4 nitrogen and oxygen atoms in total. The summed E-state index contributed by atoms with van der Waals surface area (Å²) in [5.74, 6) is 0.384. The molecule has 0 N–H and O–H groups in total. The molecule has 0 spiro atoms. The third-order valence-electron chi connectivity index (χ3n) is 3.04. The Morgan fingerprint density at radius 1 is 1.10 bits per heavy atom. The van der Waals surface area contributed by atoms with Crippen molar-refractivity contribution in [1.82, 2.24) is 9.38 Å². The van der Waals surface area contributed by atoms with E-state index in [2.05, 4.69) is 4.98 Å². The summed E-state index contributed by atoms with van der Waals surface area (Å²) < 4.78 is 7.09. The van der Waals surface area contributed by atoms with E-state index in [-0.39, 0.29) is 5.56 Å². The number of fused-ring (bicyclic) bond motifs is 1. The van der Waals surface area contributed by atoms with E-state index in [4.69, 9.17) is 4.74 Å². The van der Waals surface area contributed by atoms with Gasteiger partial charge in [0.2, 0.25) is 5.88 Å². The molecule has 0 saturated heterocycles. The van der Waals surface area contributed by atoms with Crippen molar-refractivity contribution in [3.05, 3.63) is 65.1 Å². The van der Waals surface area contributed by atoms with Crippen molar-refractivity contribution in [1.29, 1.82) is 0 Å². The van der Waals surface area contributed by atoms with Crippen molar-refractivity contribution in [2.24, 2.45) is 0 Å². The highest BCUT2D eigenvalue weighted by molar-refractivity contribution is 5.69. The van der Waals surface area contributed by atoms with Crippen LogP contribution in [0.2, 0.25) is 0 Å². The second-order valence-corrected chi connectivity index (χ2v) is 4.32. The molecule has 3 aromatic rings. The predicted molar refractivity (Wildman–Crippen MR) is 78.1 cm³/mol. The summed E-state index contributed by atoms with van der Waals surface area (Å²) in [4.78, 5) is 17.1. The van der Waals surface area contributed by atoms with Crippen LogP contribution >= 0.6 is 0 Å². The Kier molecular flexibility index (Phi) is 3.21. The van der Waals surface area contributed by atoms with Crippen LogP contribution in [0.3, 0.4) is 0 Å². The van der Waals surface area contributed by atoms with Crippen molar-refractivity contribution in [2.75, 3.05) is 6.61 Å². The minimum atomic E-state index is -0.120. The van der Waals surface area contributed by atoms with Crippen LogP contribution in [0, 0.1) is 0 Å². The van der Waals surface area contributed by atoms with Gasteiger partial charge in [-0.2, -0.15) is 4.98 Å². The molecule has 2 heterocycles. The van der Waals surface area contributed by atoms with Crippen molar-refractivity contribution < 1.29 is 4.74 Å². The summed E-state index contributed by atoms with van der Waals surface area (Å²) in [7, 11) is 0. The van der Waals surface area contributed by atoms with E-state index in [0.29, 0.717) is 23.7 Å². The molecule has 0 aliphatic carbocycles. The van der Waals surface area contributed by atoms with Crippen LogP contribution < -0.4 is 10.3 Å². The largest absolute Gasteiger partial charge is 0.477 e. The second kappa shape index (κ2) is 5.17. The maximum Gasteiger partial charge on any atom is 0.269 e. The molecule has 2 aromatic heterocycles. The lowest BCUT2D eigenvalue weighted by Crippen LogP contribution is -2.18. The summed E-state index contributed by atoms with van der Waals surface area (Å²) in [6, 6.07) is 14.9. The molecule has 0 aliphatic heterocycles. The zero-order valence-electron chi connectivity index (χ0n) is 11.1. The number of pyridine rings is 1. The quantitative estimate of drug-likeness (QED) is 0.732. The first kappa shape index (κ1) is 12.4. The molecule has 0 atom stereocenters. The molecule has 20 heavy (non-hydrogen) atoms. The van der Waals surface area contributed by atoms with Crippen molar-refractivity contribution in [3.63, 3.8) is 0 Å². The Morgan fingerprint density at radius 3 is 2.60 bits per heavy atom. The second-order valence-electron chi connectivity index (χ2n) is 4.32. The van der Waals surface area contributed by atoms with Crippen LogP contribution in [-0.4, -0.2) is 16.0 Å². The molecule has 0 bridgehead atoms. The summed E-state index contributed by atoms with van der Waals surface area (Å²) in [6.45, 7) is 2.35. The van der Waals surface area contributed by atoms with Crippen LogP contribution in [0.15, 0.2) is 59.5 Å². The average Bonchev–Trinajstić information content (AvgIpc) is 2.49. The molecular formula is C16H14N2O2. The number of hydrogen-bond donors (Lipinski definition) is 0. The van der Waals surface area contributed by atoms with E-state index in [0.717, 1.165) is 5.56 Å². The Bertz CT molecular complexity index is 794. The van der Waals surface area contributed by atoms with Gasteiger partial charge in [-0.15, -0.1) is 0 Å². The Labute approximate surface area is 116 Å². The minimum absolute atomic E-state index is 0.120. The van der Waals surface area contributed by atoms with Gasteiger partial charge in [0.1, 0.15) is 11.2 Å². The highest BCUT2D eigenvalue weighted by Crippen LogP contribution is 2.25. The van der Waals surface area contributed by atoms with Crippen LogP contribution in [0.1, 0.15) is 6.92 Å². The zero-order valence-corrected chi connectivity index (χ0v) is 11.1. The van der Waals surface area contributed by atoms with Crippen LogP contribution in [0.4, 0.5) is 0 Å². The number of ether oxygens (including phenoxy) is 1. The predicted octanol–water partition coefficient (Wildman–Crippen LogP) is 2.76. The fourth-order valence-electron chi connectivity index (χ4n) is 2.16. The van der Waals surface area contributed by atoms with Gasteiger partial charge in [0.05, 0.1) is 6.61 Å². The third kappa shape index (κ3) is 2.05. The summed E-state index contributed by atoms with van der Waals surface area (Å²) in [5.41, 5.74) is 1.77. The standard InChI is InChI=1S/C16H14N2O2/c1-2-20-15-14(12-8-4-3-5-9-12)16(19)18-11-7-6-10-13(18)17-15/h3-11H,2H2,1H3. The first-order valence-electron chi connectivity index (χ1n) is 6.51. The van der Waals surface area contributed by atoms with Crippen molar-refractivity contribution in [3.8, 4) is 17.0 Å². The zero-order chi connectivity index (χ0) is 13.9. The molecule has 100 valence electrons. The molecule has 0 unspecified atom stereocenters. The fourth-order valence-corrected chi connectivity index (χ4v) is 2.16. The van der Waals surface area contributed by atoms with Gasteiger partial charge in [-0.25, -0.2) is 0 Å². The van der Waals surface area contributed by atoms with Crippen LogP contribution in [0.25, 0.3) is 16.8 Å². The Balaban J connectivity index is 2.36. The first-order chi connectivity index (χ1) is 9.81. The molecule has 4 heteroatoms. The summed E-state index contributed by atoms with van der Waals surface area (Å²) in [5, 5.41) is 0. The molecule has 1 aromatic carbocycles. The van der Waals surface area contributed by atoms with Crippen LogP contribution in [0.5, 0.6) is 5.88 Å². The maximum absolute atomic E-state index is 12.7. The number of nitrogens with zero attached hydrogens (tertiary/aromatic N) is 2. The lowest BCUT2D eigenvalue weighted by atomic mass is 10.1. The topological polar surface area (TPSA) is 43.6 Å². The smallest absolute Gasteiger partial charge is 0.269 e. The van der Waals surface area contributed by atoms with E-state index < -0.39 is 0 Å². The molecule has 0 amide bonds. The van der Waals surface area contributed by atoms with E-state index in [1.165, 1.54) is 4.40 Å².